The number of unbranched alkanes of at least 4 members (excludes halogenated alkanes) is 11. The van der Waals surface area contributed by atoms with Gasteiger partial charge in [-0.2, -0.15) is 0 Å². The molecule has 0 N–H and O–H groups in total. The summed E-state index contributed by atoms with van der Waals surface area (Å²) in [6, 6.07) is 0. The molecule has 0 aromatic heterocycles. The van der Waals surface area contributed by atoms with Gasteiger partial charge in [-0.1, -0.05) is 89.5 Å². The van der Waals surface area contributed by atoms with E-state index < -0.39 is 0 Å². The highest BCUT2D eigenvalue weighted by Crippen LogP contribution is 2.11. The number of hydrogen-bond acceptors (Lipinski definition) is 3. The molecule has 0 aliphatic rings. The Bertz CT molecular complexity index is 144. The van der Waals surface area contributed by atoms with Gasteiger partial charge in [-0.15, -0.1) is 0 Å². The summed E-state index contributed by atoms with van der Waals surface area (Å²) in [5.41, 5.74) is 0. The van der Waals surface area contributed by atoms with Crippen LogP contribution in [0.5, 0.6) is 0 Å². The Hall–Kier alpha value is -0.120. The molecule has 3 heteroatoms. The van der Waals surface area contributed by atoms with Crippen LogP contribution in [-0.2, 0) is 14.8 Å². The summed E-state index contributed by atoms with van der Waals surface area (Å²) >= 11 is 0. The van der Waals surface area contributed by atoms with E-state index in [-0.39, 0.29) is 0 Å². The van der Waals surface area contributed by atoms with Crippen LogP contribution in [-0.4, -0.2) is 13.2 Å². The summed E-state index contributed by atoms with van der Waals surface area (Å²) in [6.07, 6.45) is 16.9. The van der Waals surface area contributed by atoms with Crippen molar-refractivity contribution in [2.45, 2.75) is 97.3 Å². The second kappa shape index (κ2) is 18.9. The van der Waals surface area contributed by atoms with Crippen LogP contribution in [0.4, 0.5) is 0 Å². The fourth-order valence-electron chi connectivity index (χ4n) is 2.13. The van der Waals surface area contributed by atoms with Crippen molar-refractivity contribution in [3.8, 4) is 0 Å². The highest BCUT2D eigenvalue weighted by Gasteiger charge is 1.94. The van der Waals surface area contributed by atoms with E-state index in [1.54, 1.807) is 0 Å². The van der Waals surface area contributed by atoms with Crippen LogP contribution in [0.2, 0.25) is 0 Å². The standard InChI is InChI=1S/C17H36O3/c1-3-5-7-8-9-10-11-12-13-14-15-17-19-20-18-16-6-4-2/h3-17H2,1-2H3. The van der Waals surface area contributed by atoms with Gasteiger partial charge in [0.05, 0.1) is 13.2 Å². The van der Waals surface area contributed by atoms with E-state index in [2.05, 4.69) is 18.9 Å². The lowest BCUT2D eigenvalue weighted by Crippen LogP contribution is -2.00. The second-order valence-electron chi connectivity index (χ2n) is 5.60. The lowest BCUT2D eigenvalue weighted by molar-refractivity contribution is -0.512. The maximum atomic E-state index is 4.94. The fourth-order valence-corrected chi connectivity index (χ4v) is 2.13. The minimum atomic E-state index is 0.620. The molecule has 0 rings (SSSR count). The summed E-state index contributed by atoms with van der Waals surface area (Å²) in [4.78, 5) is 9.79. The third-order valence-corrected chi connectivity index (χ3v) is 3.51. The molecule has 0 aromatic carbocycles. The van der Waals surface area contributed by atoms with Crippen LogP contribution in [0.3, 0.4) is 0 Å². The van der Waals surface area contributed by atoms with E-state index in [1.165, 1.54) is 64.2 Å². The average Bonchev–Trinajstić information content (AvgIpc) is 2.47. The van der Waals surface area contributed by atoms with E-state index in [0.29, 0.717) is 13.2 Å². The van der Waals surface area contributed by atoms with Gasteiger partial charge in [-0.05, 0) is 12.8 Å². The molecule has 0 atom stereocenters. The summed E-state index contributed by atoms with van der Waals surface area (Å²) in [6.45, 7) is 5.65. The third-order valence-electron chi connectivity index (χ3n) is 3.51. The van der Waals surface area contributed by atoms with Crippen molar-refractivity contribution < 1.29 is 14.8 Å². The zero-order chi connectivity index (χ0) is 14.7. The molecule has 0 heterocycles. The predicted molar refractivity (Wildman–Crippen MR) is 84.4 cm³/mol. The molecule has 0 spiro atoms. The second-order valence-corrected chi connectivity index (χ2v) is 5.60. The lowest BCUT2D eigenvalue weighted by Gasteiger charge is -2.03. The van der Waals surface area contributed by atoms with Crippen LogP contribution in [0.15, 0.2) is 0 Å². The largest absolute Gasteiger partial charge is 0.206 e. The quantitative estimate of drug-likeness (QED) is 0.187. The van der Waals surface area contributed by atoms with Gasteiger partial charge in [0.1, 0.15) is 0 Å². The Kier molecular flexibility index (Phi) is 18.8. The first kappa shape index (κ1) is 19.9. The molecule has 0 aromatic rings. The Morgan fingerprint density at radius 2 is 0.850 bits per heavy atom. The first-order valence-electron chi connectivity index (χ1n) is 8.82. The molecule has 0 unspecified atom stereocenters. The van der Waals surface area contributed by atoms with Crippen LogP contribution < -0.4 is 0 Å². The normalized spacial score (nSPS) is 11.1. The fraction of sp³-hybridized carbons (Fsp3) is 1.00. The molecule has 0 aliphatic heterocycles. The van der Waals surface area contributed by atoms with E-state index in [1.807, 2.05) is 0 Å². The van der Waals surface area contributed by atoms with Crippen molar-refractivity contribution in [3.63, 3.8) is 0 Å². The van der Waals surface area contributed by atoms with Crippen LogP contribution in [0.25, 0.3) is 0 Å². The van der Waals surface area contributed by atoms with Gasteiger partial charge in [-0.25, -0.2) is 9.78 Å². The van der Waals surface area contributed by atoms with Crippen molar-refractivity contribution in [3.05, 3.63) is 0 Å². The molecule has 0 saturated carbocycles. The lowest BCUT2D eigenvalue weighted by atomic mass is 10.1. The van der Waals surface area contributed by atoms with Gasteiger partial charge >= 0.3 is 0 Å². The molecule has 0 saturated heterocycles. The Morgan fingerprint density at radius 1 is 0.450 bits per heavy atom. The van der Waals surface area contributed by atoms with Crippen molar-refractivity contribution in [2.75, 3.05) is 13.2 Å². The van der Waals surface area contributed by atoms with Gasteiger partial charge in [0, 0.05) is 0 Å². The molecule has 0 amide bonds. The van der Waals surface area contributed by atoms with E-state index in [0.717, 1.165) is 19.3 Å². The first-order chi connectivity index (χ1) is 9.91. The topological polar surface area (TPSA) is 27.7 Å². The maximum absolute atomic E-state index is 4.94. The molecule has 0 aliphatic carbocycles. The van der Waals surface area contributed by atoms with Gasteiger partial charge in [-0.3, -0.25) is 0 Å². The van der Waals surface area contributed by atoms with Crippen molar-refractivity contribution in [2.24, 2.45) is 0 Å². The first-order valence-corrected chi connectivity index (χ1v) is 8.82. The van der Waals surface area contributed by atoms with Crippen molar-refractivity contribution >= 4 is 0 Å². The molecule has 0 bridgehead atoms. The van der Waals surface area contributed by atoms with Crippen molar-refractivity contribution in [1.82, 2.24) is 0 Å². The maximum Gasteiger partial charge on any atom is 0.0853 e. The molecular formula is C17H36O3. The zero-order valence-corrected chi connectivity index (χ0v) is 13.8. The van der Waals surface area contributed by atoms with Crippen LogP contribution in [0, 0.1) is 0 Å². The summed E-state index contributed by atoms with van der Waals surface area (Å²) in [7, 11) is 0. The highest BCUT2D eigenvalue weighted by atomic mass is 17.5. The van der Waals surface area contributed by atoms with E-state index >= 15 is 0 Å². The molecule has 0 fully saturated rings. The summed E-state index contributed by atoms with van der Waals surface area (Å²) < 4.78 is 0. The average molecular weight is 288 g/mol. The number of hydrogen-bond donors (Lipinski definition) is 0. The summed E-state index contributed by atoms with van der Waals surface area (Å²) in [5, 5.41) is 4.63. The highest BCUT2D eigenvalue weighted by molar-refractivity contribution is 4.47. The van der Waals surface area contributed by atoms with Crippen molar-refractivity contribution in [1.29, 1.82) is 0 Å². The zero-order valence-electron chi connectivity index (χ0n) is 13.8. The van der Waals surface area contributed by atoms with Gasteiger partial charge in [0.15, 0.2) is 0 Å². The molecule has 0 radical (unpaired) electrons. The third kappa shape index (κ3) is 17.9. The van der Waals surface area contributed by atoms with Crippen LogP contribution >= 0.6 is 0 Å². The van der Waals surface area contributed by atoms with Gasteiger partial charge < -0.3 is 0 Å². The van der Waals surface area contributed by atoms with Gasteiger partial charge in [0.25, 0.3) is 0 Å². The van der Waals surface area contributed by atoms with E-state index in [4.69, 9.17) is 9.78 Å². The van der Waals surface area contributed by atoms with E-state index in [9.17, 15) is 0 Å². The Morgan fingerprint density at radius 3 is 1.35 bits per heavy atom. The summed E-state index contributed by atoms with van der Waals surface area (Å²) in [5.74, 6) is 0. The minimum Gasteiger partial charge on any atom is -0.206 e. The molecule has 20 heavy (non-hydrogen) atoms. The smallest absolute Gasteiger partial charge is 0.0853 e. The predicted octanol–water partition coefficient (Wildman–Crippen LogP) is 5.98. The SMILES string of the molecule is CCCCCCCCCCCCCOOOCCCC. The minimum absolute atomic E-state index is 0.620. The van der Waals surface area contributed by atoms with Gasteiger partial charge in [0.2, 0.25) is 0 Å². The monoisotopic (exact) mass is 288 g/mol. The number of rotatable bonds is 17. The van der Waals surface area contributed by atoms with Crippen LogP contribution in [0.1, 0.15) is 97.3 Å². The molecular weight excluding hydrogens is 252 g/mol. The molecule has 122 valence electrons. The Labute approximate surface area is 126 Å². The molecule has 3 nitrogen and oxygen atoms in total. The Balaban J connectivity index is 2.89.